The van der Waals surface area contributed by atoms with Gasteiger partial charge in [-0.1, -0.05) is 90.9 Å². The van der Waals surface area contributed by atoms with Crippen LogP contribution < -0.4 is 0 Å². The largest absolute Gasteiger partial charge is 0.291 e. The summed E-state index contributed by atoms with van der Waals surface area (Å²) in [5, 5.41) is 0. The highest BCUT2D eigenvalue weighted by Crippen LogP contribution is 2.20. The normalized spacial score (nSPS) is 12.6. The summed E-state index contributed by atoms with van der Waals surface area (Å²) in [5.74, 6) is 0.616. The third kappa shape index (κ3) is 12.1. The van der Waals surface area contributed by atoms with Gasteiger partial charge in [-0.25, -0.2) is 0 Å². The van der Waals surface area contributed by atoms with Gasteiger partial charge in [0.1, 0.15) is 0 Å². The summed E-state index contributed by atoms with van der Waals surface area (Å²) in [6, 6.07) is 0. The van der Waals surface area contributed by atoms with Gasteiger partial charge in [0.25, 0.3) is 0 Å². The molecule has 1 unspecified atom stereocenters. The maximum Gasteiger partial charge on any atom is 0.198 e. The molecule has 0 bridgehead atoms. The minimum atomic E-state index is 0.616. The first-order valence-electron chi connectivity index (χ1n) is 8.20. The first-order chi connectivity index (χ1) is 8.85. The zero-order valence-corrected chi connectivity index (χ0v) is 12.7. The standard InChI is InChI=1S/C17H33O/c1-3-5-7-9-10-12-14-17(15-16-18)13-11-8-6-4-2/h17H,3-15H2,1-2H3. The van der Waals surface area contributed by atoms with E-state index in [4.69, 9.17) is 0 Å². The van der Waals surface area contributed by atoms with E-state index in [2.05, 4.69) is 20.1 Å². The summed E-state index contributed by atoms with van der Waals surface area (Å²) in [6.07, 6.45) is 18.7. The third-order valence-electron chi connectivity index (χ3n) is 3.80. The molecule has 0 amide bonds. The third-order valence-corrected chi connectivity index (χ3v) is 3.80. The molecule has 0 aromatic rings. The summed E-state index contributed by atoms with van der Waals surface area (Å²) >= 11 is 0. The van der Waals surface area contributed by atoms with Crippen molar-refractivity contribution in [1.29, 1.82) is 0 Å². The fraction of sp³-hybridized carbons (Fsp3) is 0.941. The van der Waals surface area contributed by atoms with Gasteiger partial charge in [-0.15, -0.1) is 0 Å². The Bertz CT molecular complexity index is 165. The molecule has 0 heterocycles. The molecule has 0 saturated carbocycles. The summed E-state index contributed by atoms with van der Waals surface area (Å²) < 4.78 is 0. The van der Waals surface area contributed by atoms with E-state index in [1.165, 1.54) is 77.0 Å². The van der Waals surface area contributed by atoms with Gasteiger partial charge in [0.15, 0.2) is 6.29 Å². The van der Waals surface area contributed by atoms with Crippen LogP contribution in [0.3, 0.4) is 0 Å². The lowest BCUT2D eigenvalue weighted by Crippen LogP contribution is -2.01. The van der Waals surface area contributed by atoms with Crippen LogP contribution in [0.2, 0.25) is 0 Å². The molecule has 0 aromatic heterocycles. The van der Waals surface area contributed by atoms with Crippen molar-refractivity contribution >= 4 is 6.29 Å². The highest BCUT2D eigenvalue weighted by atomic mass is 16.1. The van der Waals surface area contributed by atoms with Crippen molar-refractivity contribution < 1.29 is 4.79 Å². The Balaban J connectivity index is 3.47. The van der Waals surface area contributed by atoms with Crippen molar-refractivity contribution in [2.45, 2.75) is 97.3 Å². The van der Waals surface area contributed by atoms with Crippen molar-refractivity contribution in [3.8, 4) is 0 Å². The Morgan fingerprint density at radius 2 is 1.17 bits per heavy atom. The maximum atomic E-state index is 10.6. The van der Waals surface area contributed by atoms with E-state index in [0.29, 0.717) is 12.3 Å². The summed E-state index contributed by atoms with van der Waals surface area (Å²) in [6.45, 7) is 4.50. The van der Waals surface area contributed by atoms with Gasteiger partial charge in [0, 0.05) is 6.42 Å². The summed E-state index contributed by atoms with van der Waals surface area (Å²) in [7, 11) is 0. The Kier molecular flexibility index (Phi) is 14.5. The SMILES string of the molecule is CCCCCCCCC(C[C]=O)CCCCCC. The molecule has 0 saturated heterocycles. The van der Waals surface area contributed by atoms with Gasteiger partial charge in [-0.05, 0) is 5.92 Å². The quantitative estimate of drug-likeness (QED) is 0.356. The fourth-order valence-corrected chi connectivity index (χ4v) is 2.54. The number of hydrogen-bond donors (Lipinski definition) is 0. The number of hydrogen-bond acceptors (Lipinski definition) is 1. The van der Waals surface area contributed by atoms with Crippen LogP contribution in [0.1, 0.15) is 97.3 Å². The van der Waals surface area contributed by atoms with E-state index in [9.17, 15) is 4.79 Å². The lowest BCUT2D eigenvalue weighted by Gasteiger charge is -2.13. The smallest absolute Gasteiger partial charge is 0.198 e. The molecule has 0 N–H and O–H groups in total. The number of rotatable bonds is 14. The van der Waals surface area contributed by atoms with Gasteiger partial charge >= 0.3 is 0 Å². The van der Waals surface area contributed by atoms with Gasteiger partial charge in [-0.3, -0.25) is 4.79 Å². The van der Waals surface area contributed by atoms with Crippen molar-refractivity contribution in [1.82, 2.24) is 0 Å². The van der Waals surface area contributed by atoms with Crippen molar-refractivity contribution in [3.05, 3.63) is 0 Å². The van der Waals surface area contributed by atoms with E-state index < -0.39 is 0 Å². The van der Waals surface area contributed by atoms with Crippen LogP contribution >= 0.6 is 0 Å². The predicted octanol–water partition coefficient (Wildman–Crippen LogP) is 5.82. The van der Waals surface area contributed by atoms with Crippen LogP contribution in [-0.4, -0.2) is 6.29 Å². The molecule has 107 valence electrons. The molecule has 1 radical (unpaired) electrons. The number of carbonyl (C=O) groups excluding carboxylic acids is 1. The molecule has 0 fully saturated rings. The van der Waals surface area contributed by atoms with E-state index in [1.54, 1.807) is 0 Å². The van der Waals surface area contributed by atoms with E-state index in [0.717, 1.165) is 0 Å². The highest BCUT2D eigenvalue weighted by molar-refractivity contribution is 5.50. The Hall–Kier alpha value is -0.330. The average molecular weight is 253 g/mol. The monoisotopic (exact) mass is 253 g/mol. The fourth-order valence-electron chi connectivity index (χ4n) is 2.54. The second-order valence-electron chi connectivity index (χ2n) is 5.62. The number of unbranched alkanes of at least 4 members (excludes halogenated alkanes) is 8. The second-order valence-corrected chi connectivity index (χ2v) is 5.62. The molecule has 0 aliphatic heterocycles. The lowest BCUT2D eigenvalue weighted by atomic mass is 9.92. The average Bonchev–Trinajstić information content (AvgIpc) is 2.38. The zero-order valence-electron chi connectivity index (χ0n) is 12.7. The van der Waals surface area contributed by atoms with Gasteiger partial charge < -0.3 is 0 Å². The predicted molar refractivity (Wildman–Crippen MR) is 80.6 cm³/mol. The lowest BCUT2D eigenvalue weighted by molar-refractivity contribution is 0.406. The van der Waals surface area contributed by atoms with Crippen LogP contribution in [0.5, 0.6) is 0 Å². The molecule has 18 heavy (non-hydrogen) atoms. The van der Waals surface area contributed by atoms with Crippen LogP contribution in [0.4, 0.5) is 0 Å². The van der Waals surface area contributed by atoms with E-state index >= 15 is 0 Å². The van der Waals surface area contributed by atoms with Gasteiger partial charge in [-0.2, -0.15) is 0 Å². The Morgan fingerprint density at radius 3 is 1.67 bits per heavy atom. The molecular formula is C17H33O. The second kappa shape index (κ2) is 14.7. The highest BCUT2D eigenvalue weighted by Gasteiger charge is 2.08. The van der Waals surface area contributed by atoms with E-state index in [1.807, 2.05) is 0 Å². The van der Waals surface area contributed by atoms with Crippen molar-refractivity contribution in [3.63, 3.8) is 0 Å². The topological polar surface area (TPSA) is 17.1 Å². The van der Waals surface area contributed by atoms with Crippen molar-refractivity contribution in [2.75, 3.05) is 0 Å². The zero-order chi connectivity index (χ0) is 13.5. The van der Waals surface area contributed by atoms with Crippen LogP contribution in [-0.2, 0) is 4.79 Å². The molecule has 0 rings (SSSR count). The molecular weight excluding hydrogens is 220 g/mol. The van der Waals surface area contributed by atoms with E-state index in [-0.39, 0.29) is 0 Å². The molecule has 0 aromatic carbocycles. The molecule has 1 atom stereocenters. The summed E-state index contributed by atoms with van der Waals surface area (Å²) in [4.78, 5) is 10.6. The van der Waals surface area contributed by atoms with Gasteiger partial charge in [0.2, 0.25) is 0 Å². The Labute approximate surface area is 115 Å². The molecule has 1 nitrogen and oxygen atoms in total. The minimum Gasteiger partial charge on any atom is -0.291 e. The molecule has 0 spiro atoms. The first kappa shape index (κ1) is 17.7. The molecule has 1 heteroatoms. The molecule has 0 aliphatic rings. The maximum absolute atomic E-state index is 10.6. The van der Waals surface area contributed by atoms with Gasteiger partial charge in [0.05, 0.1) is 0 Å². The van der Waals surface area contributed by atoms with Crippen molar-refractivity contribution in [2.24, 2.45) is 5.92 Å². The Morgan fingerprint density at radius 1 is 0.722 bits per heavy atom. The summed E-state index contributed by atoms with van der Waals surface area (Å²) in [5.41, 5.74) is 0. The van der Waals surface area contributed by atoms with Crippen LogP contribution in [0, 0.1) is 5.92 Å². The molecule has 0 aliphatic carbocycles. The van der Waals surface area contributed by atoms with Crippen LogP contribution in [0.15, 0.2) is 0 Å². The minimum absolute atomic E-state index is 0.616. The van der Waals surface area contributed by atoms with Crippen LogP contribution in [0.25, 0.3) is 0 Å². The first-order valence-corrected chi connectivity index (χ1v) is 8.20.